The highest BCUT2D eigenvalue weighted by atomic mass is 16.2. The molecule has 0 bridgehead atoms. The van der Waals surface area contributed by atoms with Crippen molar-refractivity contribution in [2.75, 3.05) is 6.54 Å². The fourth-order valence-corrected chi connectivity index (χ4v) is 1.72. The first-order valence-corrected chi connectivity index (χ1v) is 5.43. The Morgan fingerprint density at radius 1 is 1.06 bits per heavy atom. The van der Waals surface area contributed by atoms with Crippen LogP contribution in [0.25, 0.3) is 0 Å². The maximum Gasteiger partial charge on any atom is 0.281 e. The van der Waals surface area contributed by atoms with Crippen molar-refractivity contribution in [3.05, 3.63) is 23.8 Å². The number of aromatic nitrogens is 2. The van der Waals surface area contributed by atoms with Crippen molar-refractivity contribution in [2.24, 2.45) is 0 Å². The summed E-state index contributed by atoms with van der Waals surface area (Å²) in [6.07, 6.45) is 5.76. The average Bonchev–Trinajstić information content (AvgIpc) is 2.55. The fraction of sp³-hybridized carbons (Fsp3) is 0.455. The van der Waals surface area contributed by atoms with Crippen LogP contribution < -0.4 is 0 Å². The third-order valence-electron chi connectivity index (χ3n) is 2.58. The zero-order valence-corrected chi connectivity index (χ0v) is 9.14. The Morgan fingerprint density at radius 3 is 2.12 bits per heavy atom. The summed E-state index contributed by atoms with van der Waals surface area (Å²) >= 11 is 0. The number of imide groups is 1. The summed E-state index contributed by atoms with van der Waals surface area (Å²) in [6.45, 7) is 2.54. The Morgan fingerprint density at radius 2 is 1.62 bits per heavy atom. The van der Waals surface area contributed by atoms with Crippen LogP contribution in [0.2, 0.25) is 0 Å². The zero-order valence-electron chi connectivity index (χ0n) is 9.14. The van der Waals surface area contributed by atoms with Gasteiger partial charge in [0, 0.05) is 18.9 Å². The van der Waals surface area contributed by atoms with Gasteiger partial charge >= 0.3 is 0 Å². The molecule has 1 aliphatic rings. The first-order chi connectivity index (χ1) is 7.75. The van der Waals surface area contributed by atoms with E-state index in [0.29, 0.717) is 6.54 Å². The molecule has 0 fully saturated rings. The molecular weight excluding hydrogens is 206 g/mol. The molecule has 1 aromatic rings. The fourth-order valence-electron chi connectivity index (χ4n) is 1.72. The van der Waals surface area contributed by atoms with E-state index in [4.69, 9.17) is 0 Å². The molecule has 0 unspecified atom stereocenters. The second kappa shape index (κ2) is 4.38. The predicted molar refractivity (Wildman–Crippen MR) is 56.9 cm³/mol. The minimum Gasteiger partial charge on any atom is -0.272 e. The van der Waals surface area contributed by atoms with E-state index in [2.05, 4.69) is 16.9 Å². The molecular formula is C11H13N3O2. The monoisotopic (exact) mass is 219 g/mol. The third kappa shape index (κ3) is 1.68. The van der Waals surface area contributed by atoms with Crippen LogP contribution in [0.5, 0.6) is 0 Å². The molecule has 1 aromatic heterocycles. The second-order valence-corrected chi connectivity index (χ2v) is 3.72. The Bertz CT molecular complexity index is 396. The van der Waals surface area contributed by atoms with E-state index >= 15 is 0 Å². The van der Waals surface area contributed by atoms with Crippen molar-refractivity contribution in [2.45, 2.75) is 26.2 Å². The normalized spacial score (nSPS) is 14.4. The number of amides is 2. The Labute approximate surface area is 93.5 Å². The van der Waals surface area contributed by atoms with Gasteiger partial charge in [-0.15, -0.1) is 0 Å². The van der Waals surface area contributed by atoms with Crippen LogP contribution in [0.3, 0.4) is 0 Å². The standard InChI is InChI=1S/C11H13N3O2/c1-2-3-4-7-14-10(15)8-9(11(14)16)13-6-5-12-8/h5-6H,2-4,7H2,1H3. The first-order valence-electron chi connectivity index (χ1n) is 5.43. The lowest BCUT2D eigenvalue weighted by atomic mass is 10.2. The summed E-state index contributed by atoms with van der Waals surface area (Å²) in [6, 6.07) is 0. The molecule has 0 radical (unpaired) electrons. The van der Waals surface area contributed by atoms with E-state index in [0.717, 1.165) is 19.3 Å². The molecule has 0 spiro atoms. The van der Waals surface area contributed by atoms with Gasteiger partial charge < -0.3 is 0 Å². The van der Waals surface area contributed by atoms with E-state index in [1.165, 1.54) is 17.3 Å². The minimum atomic E-state index is -0.316. The van der Waals surface area contributed by atoms with Crippen LogP contribution in [0, 0.1) is 0 Å². The molecule has 0 aromatic carbocycles. The number of fused-ring (bicyclic) bond motifs is 1. The number of carbonyl (C=O) groups is 2. The highest BCUT2D eigenvalue weighted by Gasteiger charge is 2.37. The highest BCUT2D eigenvalue weighted by Crippen LogP contribution is 2.18. The largest absolute Gasteiger partial charge is 0.281 e. The van der Waals surface area contributed by atoms with E-state index in [1.807, 2.05) is 0 Å². The van der Waals surface area contributed by atoms with Gasteiger partial charge in [0.1, 0.15) is 0 Å². The van der Waals surface area contributed by atoms with Gasteiger partial charge in [0.15, 0.2) is 11.4 Å². The lowest BCUT2D eigenvalue weighted by Gasteiger charge is -2.11. The van der Waals surface area contributed by atoms with Gasteiger partial charge in [-0.3, -0.25) is 14.5 Å². The molecule has 0 atom stereocenters. The first kappa shape index (κ1) is 10.7. The highest BCUT2D eigenvalue weighted by molar-refractivity contribution is 6.19. The topological polar surface area (TPSA) is 63.2 Å². The Hall–Kier alpha value is -1.78. The molecule has 5 heteroatoms. The number of hydrogen-bond acceptors (Lipinski definition) is 4. The van der Waals surface area contributed by atoms with E-state index in [1.54, 1.807) is 0 Å². The molecule has 2 rings (SSSR count). The summed E-state index contributed by atoms with van der Waals surface area (Å²) < 4.78 is 0. The van der Waals surface area contributed by atoms with Crippen molar-refractivity contribution in [3.63, 3.8) is 0 Å². The number of hydrogen-bond donors (Lipinski definition) is 0. The third-order valence-corrected chi connectivity index (χ3v) is 2.58. The summed E-state index contributed by atoms with van der Waals surface area (Å²) in [5.41, 5.74) is 0.369. The van der Waals surface area contributed by atoms with Gasteiger partial charge in [0.05, 0.1) is 0 Å². The van der Waals surface area contributed by atoms with Gasteiger partial charge in [0.2, 0.25) is 0 Å². The molecule has 5 nitrogen and oxygen atoms in total. The summed E-state index contributed by atoms with van der Waals surface area (Å²) in [5, 5.41) is 0. The number of unbranched alkanes of at least 4 members (excludes halogenated alkanes) is 2. The predicted octanol–water partition coefficient (Wildman–Crippen LogP) is 1.26. The van der Waals surface area contributed by atoms with Crippen molar-refractivity contribution >= 4 is 11.8 Å². The van der Waals surface area contributed by atoms with Crippen molar-refractivity contribution in [1.82, 2.24) is 14.9 Å². The lowest BCUT2D eigenvalue weighted by Crippen LogP contribution is -2.30. The number of rotatable bonds is 4. The molecule has 0 N–H and O–H groups in total. The molecule has 0 saturated carbocycles. The molecule has 16 heavy (non-hydrogen) atoms. The average molecular weight is 219 g/mol. The van der Waals surface area contributed by atoms with Gasteiger partial charge in [-0.25, -0.2) is 9.97 Å². The van der Waals surface area contributed by atoms with E-state index in [9.17, 15) is 9.59 Å². The Kier molecular flexibility index (Phi) is 2.94. The van der Waals surface area contributed by atoms with Crippen LogP contribution in [-0.4, -0.2) is 33.2 Å². The van der Waals surface area contributed by atoms with Crippen LogP contribution >= 0.6 is 0 Å². The summed E-state index contributed by atoms with van der Waals surface area (Å²) in [5.74, 6) is -0.631. The minimum absolute atomic E-state index is 0.184. The van der Waals surface area contributed by atoms with Crippen molar-refractivity contribution < 1.29 is 9.59 Å². The Balaban J connectivity index is 2.15. The molecule has 0 saturated heterocycles. The van der Waals surface area contributed by atoms with Gasteiger partial charge in [0.25, 0.3) is 11.8 Å². The van der Waals surface area contributed by atoms with Crippen LogP contribution in [0.4, 0.5) is 0 Å². The zero-order chi connectivity index (χ0) is 11.5. The van der Waals surface area contributed by atoms with Crippen LogP contribution in [0.15, 0.2) is 12.4 Å². The van der Waals surface area contributed by atoms with Crippen LogP contribution in [0.1, 0.15) is 47.2 Å². The SMILES string of the molecule is CCCCCN1C(=O)c2nccnc2C1=O. The van der Waals surface area contributed by atoms with Gasteiger partial charge in [-0.1, -0.05) is 19.8 Å². The smallest absolute Gasteiger partial charge is 0.272 e. The second-order valence-electron chi connectivity index (χ2n) is 3.72. The molecule has 0 aliphatic carbocycles. The maximum atomic E-state index is 11.8. The lowest BCUT2D eigenvalue weighted by molar-refractivity contribution is 0.0648. The quantitative estimate of drug-likeness (QED) is 0.565. The van der Waals surface area contributed by atoms with Crippen molar-refractivity contribution in [3.8, 4) is 0 Å². The molecule has 1 aliphatic heterocycles. The van der Waals surface area contributed by atoms with Crippen LogP contribution in [-0.2, 0) is 0 Å². The maximum absolute atomic E-state index is 11.8. The summed E-state index contributed by atoms with van der Waals surface area (Å²) in [7, 11) is 0. The van der Waals surface area contributed by atoms with Crippen molar-refractivity contribution in [1.29, 1.82) is 0 Å². The molecule has 84 valence electrons. The van der Waals surface area contributed by atoms with E-state index < -0.39 is 0 Å². The summed E-state index contributed by atoms with van der Waals surface area (Å²) in [4.78, 5) is 32.6. The van der Waals surface area contributed by atoms with Gasteiger partial charge in [-0.2, -0.15) is 0 Å². The number of carbonyl (C=O) groups excluding carboxylic acids is 2. The van der Waals surface area contributed by atoms with E-state index in [-0.39, 0.29) is 23.2 Å². The molecule has 2 amide bonds. The number of nitrogens with zero attached hydrogens (tertiary/aromatic N) is 3. The molecule has 2 heterocycles. The van der Waals surface area contributed by atoms with Gasteiger partial charge in [-0.05, 0) is 6.42 Å².